The lowest BCUT2D eigenvalue weighted by atomic mass is 10.1. The highest BCUT2D eigenvalue weighted by molar-refractivity contribution is 5.49. The van der Waals surface area contributed by atoms with E-state index in [1.165, 1.54) is 11.0 Å². The second-order valence-corrected chi connectivity index (χ2v) is 3.28. The number of rotatable bonds is 3. The molecule has 0 fully saturated rings. The molecular formula is C10H13F2NO. The topological polar surface area (TPSA) is 23.5 Å². The molecule has 0 atom stereocenters. The van der Waals surface area contributed by atoms with Crippen molar-refractivity contribution in [2.75, 3.05) is 25.6 Å². The standard InChI is InChI=1S/C10H13F2NO/c1-13(2)9-6-7(3-4-14)5-8(11)10(9)12/h5-6,14H,3-4H2,1-2H3. The minimum absolute atomic E-state index is 0.0715. The van der Waals surface area contributed by atoms with E-state index >= 15 is 0 Å². The summed E-state index contributed by atoms with van der Waals surface area (Å²) in [7, 11) is 3.28. The van der Waals surface area contributed by atoms with E-state index in [9.17, 15) is 8.78 Å². The molecule has 0 saturated heterocycles. The molecular weight excluding hydrogens is 188 g/mol. The molecule has 0 amide bonds. The Labute approximate surface area is 81.8 Å². The molecule has 0 heterocycles. The van der Waals surface area contributed by atoms with Crippen LogP contribution in [-0.4, -0.2) is 25.8 Å². The number of halogens is 2. The van der Waals surface area contributed by atoms with Crippen molar-refractivity contribution in [3.05, 3.63) is 29.3 Å². The van der Waals surface area contributed by atoms with Crippen molar-refractivity contribution < 1.29 is 13.9 Å². The summed E-state index contributed by atoms with van der Waals surface area (Å²) in [5, 5.41) is 8.68. The third-order valence-electron chi connectivity index (χ3n) is 1.95. The Morgan fingerprint density at radius 3 is 2.43 bits per heavy atom. The van der Waals surface area contributed by atoms with Crippen LogP contribution >= 0.6 is 0 Å². The van der Waals surface area contributed by atoms with Gasteiger partial charge in [0, 0.05) is 20.7 Å². The molecule has 0 aliphatic carbocycles. The van der Waals surface area contributed by atoms with Crippen LogP contribution in [0, 0.1) is 11.6 Å². The number of aliphatic hydroxyl groups is 1. The van der Waals surface area contributed by atoms with Gasteiger partial charge in [-0.05, 0) is 24.1 Å². The highest BCUT2D eigenvalue weighted by Crippen LogP contribution is 2.22. The maximum atomic E-state index is 13.2. The Morgan fingerprint density at radius 2 is 1.93 bits per heavy atom. The summed E-state index contributed by atoms with van der Waals surface area (Å²) in [5.41, 5.74) is 0.795. The van der Waals surface area contributed by atoms with E-state index in [4.69, 9.17) is 5.11 Å². The Bertz CT molecular complexity index is 326. The summed E-state index contributed by atoms with van der Waals surface area (Å²) in [4.78, 5) is 1.50. The predicted molar refractivity (Wildman–Crippen MR) is 51.5 cm³/mol. The molecule has 0 radical (unpaired) electrons. The minimum Gasteiger partial charge on any atom is -0.396 e. The van der Waals surface area contributed by atoms with Gasteiger partial charge >= 0.3 is 0 Å². The molecule has 1 rings (SSSR count). The first-order valence-electron chi connectivity index (χ1n) is 4.32. The maximum absolute atomic E-state index is 13.2. The van der Waals surface area contributed by atoms with Gasteiger partial charge in [0.25, 0.3) is 0 Å². The summed E-state index contributed by atoms with van der Waals surface area (Å²) >= 11 is 0. The molecule has 0 bridgehead atoms. The van der Waals surface area contributed by atoms with Crippen LogP contribution in [0.1, 0.15) is 5.56 Å². The fourth-order valence-electron chi connectivity index (χ4n) is 1.23. The Kier molecular flexibility index (Phi) is 3.41. The van der Waals surface area contributed by atoms with Crippen molar-refractivity contribution in [1.29, 1.82) is 0 Å². The third-order valence-corrected chi connectivity index (χ3v) is 1.95. The average Bonchev–Trinajstić information content (AvgIpc) is 2.11. The molecule has 1 N–H and O–H groups in total. The van der Waals surface area contributed by atoms with Gasteiger partial charge in [-0.2, -0.15) is 0 Å². The van der Waals surface area contributed by atoms with Crippen LogP contribution in [0.2, 0.25) is 0 Å². The first kappa shape index (κ1) is 10.9. The number of aliphatic hydroxyl groups excluding tert-OH is 1. The fraction of sp³-hybridized carbons (Fsp3) is 0.400. The summed E-state index contributed by atoms with van der Waals surface area (Å²) in [6.45, 7) is -0.0715. The number of benzene rings is 1. The molecule has 78 valence electrons. The van der Waals surface area contributed by atoms with Gasteiger partial charge in [-0.15, -0.1) is 0 Å². The van der Waals surface area contributed by atoms with Gasteiger partial charge < -0.3 is 10.0 Å². The fourth-order valence-corrected chi connectivity index (χ4v) is 1.23. The molecule has 0 saturated carbocycles. The molecule has 2 nitrogen and oxygen atoms in total. The van der Waals surface area contributed by atoms with E-state index in [2.05, 4.69) is 0 Å². The highest BCUT2D eigenvalue weighted by atomic mass is 19.2. The van der Waals surface area contributed by atoms with Crippen molar-refractivity contribution in [3.8, 4) is 0 Å². The average molecular weight is 201 g/mol. The van der Waals surface area contributed by atoms with Crippen LogP contribution in [0.15, 0.2) is 12.1 Å². The highest BCUT2D eigenvalue weighted by Gasteiger charge is 2.11. The molecule has 0 spiro atoms. The van der Waals surface area contributed by atoms with Crippen LogP contribution in [0.3, 0.4) is 0 Å². The monoisotopic (exact) mass is 201 g/mol. The number of anilines is 1. The molecule has 0 aromatic heterocycles. The van der Waals surface area contributed by atoms with Crippen LogP contribution in [0.4, 0.5) is 14.5 Å². The van der Waals surface area contributed by atoms with Crippen molar-refractivity contribution in [2.24, 2.45) is 0 Å². The van der Waals surface area contributed by atoms with E-state index < -0.39 is 11.6 Å². The van der Waals surface area contributed by atoms with E-state index in [1.54, 1.807) is 14.1 Å². The quantitative estimate of drug-likeness (QED) is 0.802. The van der Waals surface area contributed by atoms with Gasteiger partial charge in [-0.3, -0.25) is 0 Å². The summed E-state index contributed by atoms with van der Waals surface area (Å²) in [6, 6.07) is 2.65. The van der Waals surface area contributed by atoms with Gasteiger partial charge in [0.15, 0.2) is 11.6 Å². The molecule has 4 heteroatoms. The van der Waals surface area contributed by atoms with Crippen LogP contribution < -0.4 is 4.90 Å². The number of nitrogens with zero attached hydrogens (tertiary/aromatic N) is 1. The third kappa shape index (κ3) is 2.20. The maximum Gasteiger partial charge on any atom is 0.182 e. The number of hydrogen-bond donors (Lipinski definition) is 1. The van der Waals surface area contributed by atoms with E-state index in [-0.39, 0.29) is 12.3 Å². The Morgan fingerprint density at radius 1 is 1.29 bits per heavy atom. The van der Waals surface area contributed by atoms with Gasteiger partial charge in [-0.1, -0.05) is 0 Å². The van der Waals surface area contributed by atoms with E-state index in [1.807, 2.05) is 0 Å². The van der Waals surface area contributed by atoms with Crippen molar-refractivity contribution >= 4 is 5.69 Å². The van der Waals surface area contributed by atoms with E-state index in [0.717, 1.165) is 6.07 Å². The first-order valence-corrected chi connectivity index (χ1v) is 4.32. The zero-order valence-corrected chi connectivity index (χ0v) is 8.22. The Hall–Kier alpha value is -1.16. The lowest BCUT2D eigenvalue weighted by Gasteiger charge is -2.15. The second kappa shape index (κ2) is 4.37. The van der Waals surface area contributed by atoms with Gasteiger partial charge in [0.1, 0.15) is 0 Å². The zero-order valence-electron chi connectivity index (χ0n) is 8.22. The largest absolute Gasteiger partial charge is 0.396 e. The van der Waals surface area contributed by atoms with Gasteiger partial charge in [0.05, 0.1) is 5.69 Å². The smallest absolute Gasteiger partial charge is 0.182 e. The molecule has 0 aliphatic heterocycles. The molecule has 0 aliphatic rings. The van der Waals surface area contributed by atoms with Crippen molar-refractivity contribution in [3.63, 3.8) is 0 Å². The normalized spacial score (nSPS) is 10.4. The van der Waals surface area contributed by atoms with Gasteiger partial charge in [0.2, 0.25) is 0 Å². The Balaban J connectivity index is 3.14. The second-order valence-electron chi connectivity index (χ2n) is 3.28. The summed E-state index contributed by atoms with van der Waals surface area (Å²) in [6.07, 6.45) is 0.331. The molecule has 14 heavy (non-hydrogen) atoms. The lowest BCUT2D eigenvalue weighted by molar-refractivity contribution is 0.299. The summed E-state index contributed by atoms with van der Waals surface area (Å²) in [5.74, 6) is -1.73. The zero-order chi connectivity index (χ0) is 10.7. The molecule has 1 aromatic carbocycles. The molecule has 0 unspecified atom stereocenters. The predicted octanol–water partition coefficient (Wildman–Crippen LogP) is 1.57. The molecule has 1 aromatic rings. The SMILES string of the molecule is CN(C)c1cc(CCO)cc(F)c1F. The van der Waals surface area contributed by atoms with Crippen molar-refractivity contribution in [1.82, 2.24) is 0 Å². The first-order chi connectivity index (χ1) is 6.56. The van der Waals surface area contributed by atoms with Crippen LogP contribution in [-0.2, 0) is 6.42 Å². The van der Waals surface area contributed by atoms with Crippen molar-refractivity contribution in [2.45, 2.75) is 6.42 Å². The number of hydrogen-bond acceptors (Lipinski definition) is 2. The minimum atomic E-state index is -0.875. The summed E-state index contributed by atoms with van der Waals surface area (Å²) < 4.78 is 26.2. The lowest BCUT2D eigenvalue weighted by Crippen LogP contribution is -2.12. The van der Waals surface area contributed by atoms with E-state index in [0.29, 0.717) is 12.0 Å². The van der Waals surface area contributed by atoms with Crippen LogP contribution in [0.25, 0.3) is 0 Å². The van der Waals surface area contributed by atoms with Gasteiger partial charge in [-0.25, -0.2) is 8.78 Å². The van der Waals surface area contributed by atoms with Crippen LogP contribution in [0.5, 0.6) is 0 Å².